The van der Waals surface area contributed by atoms with Crippen molar-refractivity contribution >= 4 is 0 Å². The number of halogens is 1. The molecule has 1 aromatic carbocycles. The fourth-order valence-electron chi connectivity index (χ4n) is 1.65. The summed E-state index contributed by atoms with van der Waals surface area (Å²) < 4.78 is 20.6. The lowest BCUT2D eigenvalue weighted by Crippen LogP contribution is -1.94. The van der Waals surface area contributed by atoms with Gasteiger partial charge in [0.05, 0.1) is 12.8 Å². The molecular weight excluding hydrogens is 193 g/mol. The highest BCUT2D eigenvalue weighted by Crippen LogP contribution is 2.31. The third-order valence-corrected chi connectivity index (χ3v) is 2.38. The van der Waals surface area contributed by atoms with E-state index in [1.165, 1.54) is 6.07 Å². The molecule has 0 amide bonds. The van der Waals surface area contributed by atoms with Gasteiger partial charge in [0.25, 0.3) is 0 Å². The van der Waals surface area contributed by atoms with Crippen LogP contribution in [0.5, 0.6) is 5.75 Å². The van der Waals surface area contributed by atoms with Crippen molar-refractivity contribution in [1.29, 1.82) is 0 Å². The summed E-state index contributed by atoms with van der Waals surface area (Å²) in [6.07, 6.45) is 1.85. The lowest BCUT2D eigenvalue weighted by atomic mass is 10.1. The molecule has 0 aliphatic heterocycles. The smallest absolute Gasteiger partial charge is 0.144 e. The fourth-order valence-corrected chi connectivity index (χ4v) is 1.65. The van der Waals surface area contributed by atoms with Crippen molar-refractivity contribution < 1.29 is 9.13 Å². The summed E-state index contributed by atoms with van der Waals surface area (Å²) >= 11 is 0. The molecule has 0 aliphatic rings. The Morgan fingerprint density at radius 1 is 1.20 bits per heavy atom. The van der Waals surface area contributed by atoms with Gasteiger partial charge in [0.15, 0.2) is 0 Å². The van der Waals surface area contributed by atoms with Gasteiger partial charge in [0, 0.05) is 18.8 Å². The van der Waals surface area contributed by atoms with Gasteiger partial charge in [0.1, 0.15) is 11.6 Å². The summed E-state index contributed by atoms with van der Waals surface area (Å²) in [7, 11) is 3.45. The van der Waals surface area contributed by atoms with Crippen LogP contribution in [0.25, 0.3) is 11.3 Å². The minimum Gasteiger partial charge on any atom is -0.494 e. The Hall–Kier alpha value is -1.77. The minimum atomic E-state index is -0.238. The topological polar surface area (TPSA) is 14.2 Å². The van der Waals surface area contributed by atoms with Crippen LogP contribution in [-0.4, -0.2) is 11.7 Å². The molecule has 0 radical (unpaired) electrons. The van der Waals surface area contributed by atoms with Crippen molar-refractivity contribution in [2.45, 2.75) is 0 Å². The second kappa shape index (κ2) is 3.77. The Morgan fingerprint density at radius 3 is 2.60 bits per heavy atom. The van der Waals surface area contributed by atoms with Gasteiger partial charge in [-0.3, -0.25) is 0 Å². The number of hydrogen-bond acceptors (Lipinski definition) is 1. The van der Waals surface area contributed by atoms with E-state index in [9.17, 15) is 4.39 Å². The summed E-state index contributed by atoms with van der Waals surface area (Å²) in [6, 6.07) is 8.50. The maximum absolute atomic E-state index is 13.6. The van der Waals surface area contributed by atoms with Crippen LogP contribution in [0.4, 0.5) is 4.39 Å². The van der Waals surface area contributed by atoms with Crippen LogP contribution in [0.3, 0.4) is 0 Å². The molecule has 78 valence electrons. The van der Waals surface area contributed by atoms with Crippen LogP contribution in [0.1, 0.15) is 0 Å². The van der Waals surface area contributed by atoms with Crippen molar-refractivity contribution in [1.82, 2.24) is 4.57 Å². The van der Waals surface area contributed by atoms with E-state index >= 15 is 0 Å². The third kappa shape index (κ3) is 1.61. The van der Waals surface area contributed by atoms with E-state index in [0.29, 0.717) is 11.3 Å². The minimum absolute atomic E-state index is 0.238. The molecule has 15 heavy (non-hydrogen) atoms. The highest BCUT2D eigenvalue weighted by molar-refractivity contribution is 5.68. The summed E-state index contributed by atoms with van der Waals surface area (Å²) in [5, 5.41) is 0. The zero-order chi connectivity index (χ0) is 10.8. The zero-order valence-electron chi connectivity index (χ0n) is 8.70. The van der Waals surface area contributed by atoms with Crippen molar-refractivity contribution in [2.24, 2.45) is 7.05 Å². The van der Waals surface area contributed by atoms with Gasteiger partial charge in [-0.15, -0.1) is 0 Å². The van der Waals surface area contributed by atoms with Gasteiger partial charge in [-0.2, -0.15) is 0 Å². The molecule has 1 aromatic heterocycles. The van der Waals surface area contributed by atoms with E-state index in [4.69, 9.17) is 4.74 Å². The Labute approximate surface area is 87.9 Å². The molecule has 2 aromatic rings. The number of hydrogen-bond donors (Lipinski definition) is 0. The Morgan fingerprint density at radius 2 is 1.93 bits per heavy atom. The highest BCUT2D eigenvalue weighted by atomic mass is 19.1. The average molecular weight is 205 g/mol. The van der Waals surface area contributed by atoms with Crippen LogP contribution >= 0.6 is 0 Å². The summed E-state index contributed by atoms with van der Waals surface area (Å²) in [5.74, 6) is 0.445. The maximum atomic E-state index is 13.6. The van der Waals surface area contributed by atoms with Crippen LogP contribution in [0, 0.1) is 5.82 Å². The van der Waals surface area contributed by atoms with E-state index in [2.05, 4.69) is 0 Å². The third-order valence-electron chi connectivity index (χ3n) is 2.38. The molecule has 3 heteroatoms. The van der Waals surface area contributed by atoms with Crippen LogP contribution in [0.2, 0.25) is 0 Å². The normalized spacial score (nSPS) is 10.3. The molecule has 0 spiro atoms. The molecule has 0 saturated carbocycles. The van der Waals surface area contributed by atoms with Crippen molar-refractivity contribution in [3.63, 3.8) is 0 Å². The monoisotopic (exact) mass is 205 g/mol. The standard InChI is InChI=1S/C12H12FNO/c1-14-8-7-11(15-2)12(14)9-5-3-4-6-10(9)13/h3-8H,1-2H3. The van der Waals surface area contributed by atoms with Crippen molar-refractivity contribution in [3.8, 4) is 17.0 Å². The number of rotatable bonds is 2. The molecule has 2 rings (SSSR count). The first kappa shape index (κ1) is 9.77. The summed E-state index contributed by atoms with van der Waals surface area (Å²) in [6.45, 7) is 0. The van der Waals surface area contributed by atoms with E-state index in [1.54, 1.807) is 19.2 Å². The molecule has 0 unspecified atom stereocenters. The summed E-state index contributed by atoms with van der Waals surface area (Å²) in [4.78, 5) is 0. The molecule has 0 bridgehead atoms. The fraction of sp³-hybridized carbons (Fsp3) is 0.167. The SMILES string of the molecule is COc1ccn(C)c1-c1ccccc1F. The molecule has 0 aliphatic carbocycles. The molecule has 2 nitrogen and oxygen atoms in total. The average Bonchev–Trinajstić information content (AvgIpc) is 2.60. The number of aryl methyl sites for hydroxylation is 1. The number of ether oxygens (including phenoxy) is 1. The van der Waals surface area contributed by atoms with E-state index in [0.717, 1.165) is 5.69 Å². The number of nitrogens with zero attached hydrogens (tertiary/aromatic N) is 1. The maximum Gasteiger partial charge on any atom is 0.144 e. The Bertz CT molecular complexity index is 476. The highest BCUT2D eigenvalue weighted by Gasteiger charge is 2.13. The van der Waals surface area contributed by atoms with Gasteiger partial charge < -0.3 is 9.30 Å². The number of aromatic nitrogens is 1. The largest absolute Gasteiger partial charge is 0.494 e. The van der Waals surface area contributed by atoms with Crippen LogP contribution in [-0.2, 0) is 7.05 Å². The second-order valence-electron chi connectivity index (χ2n) is 3.32. The molecular formula is C12H12FNO. The van der Waals surface area contributed by atoms with Crippen LogP contribution < -0.4 is 4.74 Å². The van der Waals surface area contributed by atoms with Gasteiger partial charge in [-0.25, -0.2) is 4.39 Å². The first-order valence-corrected chi connectivity index (χ1v) is 4.68. The first-order valence-electron chi connectivity index (χ1n) is 4.68. The zero-order valence-corrected chi connectivity index (χ0v) is 8.70. The number of benzene rings is 1. The molecule has 0 saturated heterocycles. The van der Waals surface area contributed by atoms with Crippen LogP contribution in [0.15, 0.2) is 36.5 Å². The predicted octanol–water partition coefficient (Wildman–Crippen LogP) is 2.84. The van der Waals surface area contributed by atoms with Gasteiger partial charge in [-0.1, -0.05) is 12.1 Å². The lowest BCUT2D eigenvalue weighted by Gasteiger charge is -2.07. The van der Waals surface area contributed by atoms with Gasteiger partial charge in [-0.05, 0) is 18.2 Å². The second-order valence-corrected chi connectivity index (χ2v) is 3.32. The first-order chi connectivity index (χ1) is 7.24. The van der Waals surface area contributed by atoms with Crippen molar-refractivity contribution in [3.05, 3.63) is 42.3 Å². The Kier molecular flexibility index (Phi) is 2.46. The van der Waals surface area contributed by atoms with Gasteiger partial charge >= 0.3 is 0 Å². The summed E-state index contributed by atoms with van der Waals surface area (Å²) in [5.41, 5.74) is 1.32. The molecule has 0 fully saturated rings. The van der Waals surface area contributed by atoms with E-state index < -0.39 is 0 Å². The number of methoxy groups -OCH3 is 1. The molecule has 0 N–H and O–H groups in total. The molecule has 0 atom stereocenters. The van der Waals surface area contributed by atoms with E-state index in [1.807, 2.05) is 29.9 Å². The quantitative estimate of drug-likeness (QED) is 0.735. The van der Waals surface area contributed by atoms with Gasteiger partial charge in [0.2, 0.25) is 0 Å². The van der Waals surface area contributed by atoms with Crippen molar-refractivity contribution in [2.75, 3.05) is 7.11 Å². The molecule has 1 heterocycles. The predicted molar refractivity (Wildman–Crippen MR) is 57.4 cm³/mol. The lowest BCUT2D eigenvalue weighted by molar-refractivity contribution is 0.416. The van der Waals surface area contributed by atoms with E-state index in [-0.39, 0.29) is 5.82 Å². The Balaban J connectivity index is 2.63.